The Kier molecular flexibility index (Phi) is 4.22. The lowest BCUT2D eigenvalue weighted by Gasteiger charge is -2.07. The van der Waals surface area contributed by atoms with Crippen molar-refractivity contribution < 1.29 is 18.3 Å². The van der Waals surface area contributed by atoms with E-state index in [1.807, 2.05) is 6.92 Å². The van der Waals surface area contributed by atoms with Gasteiger partial charge in [0.1, 0.15) is 17.9 Å². The summed E-state index contributed by atoms with van der Waals surface area (Å²) < 4.78 is 24.9. The second-order valence-electron chi connectivity index (χ2n) is 3.79. The van der Waals surface area contributed by atoms with E-state index in [2.05, 4.69) is 10.1 Å². The van der Waals surface area contributed by atoms with Gasteiger partial charge in [-0.25, -0.2) is 18.1 Å². The van der Waals surface area contributed by atoms with Gasteiger partial charge in [0.2, 0.25) is 0 Å². The molecule has 0 radical (unpaired) electrons. The normalized spacial score (nSPS) is 13.5. The predicted octanol–water partition coefficient (Wildman–Crippen LogP) is -0.0665. The molecular formula is C9H15N3O4S. The minimum absolute atomic E-state index is 0.279. The molecule has 96 valence electrons. The second kappa shape index (κ2) is 5.26. The van der Waals surface area contributed by atoms with Gasteiger partial charge in [-0.3, -0.25) is 4.79 Å². The fourth-order valence-electron chi connectivity index (χ4n) is 1.37. The van der Waals surface area contributed by atoms with Gasteiger partial charge in [0.15, 0.2) is 9.84 Å². The molecule has 0 fully saturated rings. The summed E-state index contributed by atoms with van der Waals surface area (Å²) >= 11 is 0. The SMILES string of the molecule is CCn1ncnc1CS(=O)(=O)CC(C)C(=O)O. The van der Waals surface area contributed by atoms with E-state index in [0.29, 0.717) is 12.4 Å². The van der Waals surface area contributed by atoms with E-state index < -0.39 is 21.7 Å². The predicted molar refractivity (Wildman–Crippen MR) is 60.0 cm³/mol. The maximum Gasteiger partial charge on any atom is 0.307 e. The number of nitrogens with zero attached hydrogens (tertiary/aromatic N) is 3. The molecule has 17 heavy (non-hydrogen) atoms. The third-order valence-corrected chi connectivity index (χ3v) is 3.98. The maximum absolute atomic E-state index is 11.7. The number of hydrogen-bond donors (Lipinski definition) is 1. The molecule has 0 aliphatic rings. The monoisotopic (exact) mass is 261 g/mol. The van der Waals surface area contributed by atoms with Crippen LogP contribution >= 0.6 is 0 Å². The van der Waals surface area contributed by atoms with E-state index in [1.54, 1.807) is 0 Å². The van der Waals surface area contributed by atoms with Crippen LogP contribution in [0.2, 0.25) is 0 Å². The minimum Gasteiger partial charge on any atom is -0.481 e. The summed E-state index contributed by atoms with van der Waals surface area (Å²) in [6.45, 7) is 3.72. The van der Waals surface area contributed by atoms with E-state index in [4.69, 9.17) is 5.11 Å². The summed E-state index contributed by atoms with van der Waals surface area (Å²) in [6, 6.07) is 0. The largest absolute Gasteiger partial charge is 0.481 e. The Morgan fingerprint density at radius 2 is 2.24 bits per heavy atom. The van der Waals surface area contributed by atoms with Crippen LogP contribution in [0, 0.1) is 5.92 Å². The quantitative estimate of drug-likeness (QED) is 0.769. The minimum atomic E-state index is -3.49. The molecule has 1 aromatic rings. The molecule has 1 unspecified atom stereocenters. The topological polar surface area (TPSA) is 102 Å². The van der Waals surface area contributed by atoms with Crippen molar-refractivity contribution in [3.05, 3.63) is 12.2 Å². The summed E-state index contributed by atoms with van der Waals surface area (Å²) in [6.07, 6.45) is 1.29. The highest BCUT2D eigenvalue weighted by molar-refractivity contribution is 7.90. The molecule has 0 aliphatic carbocycles. The number of sulfone groups is 1. The molecular weight excluding hydrogens is 246 g/mol. The van der Waals surface area contributed by atoms with Crippen molar-refractivity contribution in [1.29, 1.82) is 0 Å². The van der Waals surface area contributed by atoms with Crippen LogP contribution in [-0.4, -0.2) is 40.0 Å². The molecule has 1 atom stereocenters. The summed E-state index contributed by atoms with van der Waals surface area (Å²) in [5.74, 6) is -2.37. The highest BCUT2D eigenvalue weighted by atomic mass is 32.2. The highest BCUT2D eigenvalue weighted by Gasteiger charge is 2.23. The molecule has 1 rings (SSSR count). The fraction of sp³-hybridized carbons (Fsp3) is 0.667. The molecule has 0 bridgehead atoms. The fourth-order valence-corrected chi connectivity index (χ4v) is 3.01. The number of aliphatic carboxylic acids is 1. The first-order chi connectivity index (χ1) is 7.85. The van der Waals surface area contributed by atoms with E-state index in [-0.39, 0.29) is 11.5 Å². The Bertz CT molecular complexity index is 494. The molecule has 1 N–H and O–H groups in total. The number of carboxylic acid groups (broad SMARTS) is 1. The number of rotatable bonds is 6. The molecule has 1 aromatic heterocycles. The lowest BCUT2D eigenvalue weighted by Crippen LogP contribution is -2.23. The van der Waals surface area contributed by atoms with E-state index in [0.717, 1.165) is 0 Å². The summed E-state index contributed by atoms with van der Waals surface area (Å²) in [5, 5.41) is 12.5. The molecule has 0 saturated heterocycles. The Hall–Kier alpha value is -1.44. The van der Waals surface area contributed by atoms with Gasteiger partial charge in [-0.05, 0) is 6.92 Å². The van der Waals surface area contributed by atoms with Crippen molar-refractivity contribution in [2.75, 3.05) is 5.75 Å². The van der Waals surface area contributed by atoms with E-state index in [9.17, 15) is 13.2 Å². The third kappa shape index (κ3) is 3.81. The Labute approximate surface area is 99.4 Å². The van der Waals surface area contributed by atoms with Crippen LogP contribution in [0.3, 0.4) is 0 Å². The van der Waals surface area contributed by atoms with Crippen LogP contribution in [-0.2, 0) is 26.9 Å². The van der Waals surface area contributed by atoms with Crippen LogP contribution in [0.25, 0.3) is 0 Å². The molecule has 0 spiro atoms. The van der Waals surface area contributed by atoms with Gasteiger partial charge in [0, 0.05) is 6.54 Å². The molecule has 7 nitrogen and oxygen atoms in total. The van der Waals surface area contributed by atoms with Crippen molar-refractivity contribution in [3.63, 3.8) is 0 Å². The van der Waals surface area contributed by atoms with Gasteiger partial charge < -0.3 is 5.11 Å². The maximum atomic E-state index is 11.7. The first kappa shape index (κ1) is 13.6. The van der Waals surface area contributed by atoms with Gasteiger partial charge in [-0.2, -0.15) is 5.10 Å². The van der Waals surface area contributed by atoms with Crippen molar-refractivity contribution in [2.45, 2.75) is 26.1 Å². The van der Waals surface area contributed by atoms with Crippen molar-refractivity contribution in [2.24, 2.45) is 5.92 Å². The standard InChI is InChI=1S/C9H15N3O4S/c1-3-12-8(10-6-11-12)5-17(15,16)4-7(2)9(13)14/h6-7H,3-5H2,1-2H3,(H,13,14). The molecule has 0 amide bonds. The van der Waals surface area contributed by atoms with Crippen LogP contribution < -0.4 is 0 Å². The zero-order chi connectivity index (χ0) is 13.1. The molecule has 8 heteroatoms. The van der Waals surface area contributed by atoms with Crippen molar-refractivity contribution in [3.8, 4) is 0 Å². The Morgan fingerprint density at radius 1 is 1.59 bits per heavy atom. The average molecular weight is 261 g/mol. The van der Waals surface area contributed by atoms with Gasteiger partial charge in [0.25, 0.3) is 0 Å². The number of aromatic nitrogens is 3. The van der Waals surface area contributed by atoms with Crippen LogP contribution in [0.4, 0.5) is 0 Å². The number of aryl methyl sites for hydroxylation is 1. The van der Waals surface area contributed by atoms with Gasteiger partial charge in [0.05, 0.1) is 11.7 Å². The molecule has 0 aromatic carbocycles. The van der Waals surface area contributed by atoms with Gasteiger partial charge >= 0.3 is 5.97 Å². The second-order valence-corrected chi connectivity index (χ2v) is 5.90. The van der Waals surface area contributed by atoms with Crippen LogP contribution in [0.15, 0.2) is 6.33 Å². The molecule has 0 aliphatic heterocycles. The number of hydrogen-bond acceptors (Lipinski definition) is 5. The average Bonchev–Trinajstić information content (AvgIpc) is 2.63. The van der Waals surface area contributed by atoms with Gasteiger partial charge in [-0.1, -0.05) is 6.92 Å². The lowest BCUT2D eigenvalue weighted by molar-refractivity contribution is -0.140. The zero-order valence-electron chi connectivity index (χ0n) is 9.70. The van der Waals surface area contributed by atoms with Gasteiger partial charge in [-0.15, -0.1) is 0 Å². The van der Waals surface area contributed by atoms with Crippen LogP contribution in [0.5, 0.6) is 0 Å². The highest BCUT2D eigenvalue weighted by Crippen LogP contribution is 2.08. The number of carboxylic acids is 1. The molecule has 1 heterocycles. The summed E-state index contributed by atoms with van der Waals surface area (Å²) in [7, 11) is -3.49. The Morgan fingerprint density at radius 3 is 2.76 bits per heavy atom. The smallest absolute Gasteiger partial charge is 0.307 e. The summed E-state index contributed by atoms with van der Waals surface area (Å²) in [4.78, 5) is 14.5. The first-order valence-corrected chi connectivity index (χ1v) is 6.97. The molecule has 0 saturated carbocycles. The zero-order valence-corrected chi connectivity index (χ0v) is 10.5. The van der Waals surface area contributed by atoms with Crippen LogP contribution in [0.1, 0.15) is 19.7 Å². The van der Waals surface area contributed by atoms with E-state index in [1.165, 1.54) is 17.9 Å². The van der Waals surface area contributed by atoms with Crippen molar-refractivity contribution >= 4 is 15.8 Å². The first-order valence-electron chi connectivity index (χ1n) is 5.15. The summed E-state index contributed by atoms with van der Waals surface area (Å²) in [5.41, 5.74) is 0. The third-order valence-electron chi connectivity index (χ3n) is 2.27. The number of carbonyl (C=O) groups is 1. The lowest BCUT2D eigenvalue weighted by atomic mass is 10.2. The van der Waals surface area contributed by atoms with Crippen molar-refractivity contribution in [1.82, 2.24) is 14.8 Å². The Balaban J connectivity index is 2.77. The van der Waals surface area contributed by atoms with E-state index >= 15 is 0 Å².